The Balaban J connectivity index is 2.49. The van der Waals surface area contributed by atoms with Crippen LogP contribution in [0.3, 0.4) is 0 Å². The molecule has 2 nitrogen and oxygen atoms in total. The number of fused-ring (bicyclic) bond motifs is 1. The quantitative estimate of drug-likeness (QED) is 0.522. The van der Waals surface area contributed by atoms with Gasteiger partial charge in [0.05, 0.1) is 0 Å². The van der Waals surface area contributed by atoms with Gasteiger partial charge in [0.15, 0.2) is 0 Å². The molecule has 0 N–H and O–H groups in total. The zero-order chi connectivity index (χ0) is 7.90. The van der Waals surface area contributed by atoms with Gasteiger partial charge in [0, 0.05) is 0 Å². The number of benzene rings is 1. The molecule has 1 aromatic rings. The molecule has 0 bridgehead atoms. The molecule has 0 atom stereocenters. The van der Waals surface area contributed by atoms with Crippen molar-refractivity contribution in [3.63, 3.8) is 0 Å². The van der Waals surface area contributed by atoms with Crippen LogP contribution in [0.2, 0.25) is 0 Å². The number of para-hydroxylation sites is 2. The van der Waals surface area contributed by atoms with Crippen LogP contribution in [-0.2, 0) is 0 Å². The fourth-order valence-electron chi connectivity index (χ4n) is 0.855. The van der Waals surface area contributed by atoms with Crippen LogP contribution in [0.4, 0.5) is 0 Å². The van der Waals surface area contributed by atoms with Crippen LogP contribution in [0, 0.1) is 0 Å². The summed E-state index contributed by atoms with van der Waals surface area (Å²) in [7, 11) is 0. The number of hydrogen-bond acceptors (Lipinski definition) is 2. The molecule has 0 saturated heterocycles. The van der Waals surface area contributed by atoms with Crippen LogP contribution in [0.1, 0.15) is 0 Å². The molecule has 0 aliphatic carbocycles. The molecule has 1 aliphatic heterocycles. The molecule has 0 aromatic heterocycles. The summed E-state index contributed by atoms with van der Waals surface area (Å²) in [6.07, 6.45) is 0. The molecule has 1 aliphatic rings. The van der Waals surface area contributed by atoms with Gasteiger partial charge in [-0.3, -0.25) is 0 Å². The Morgan fingerprint density at radius 1 is 1.18 bits per heavy atom. The number of halogens is 1. The van der Waals surface area contributed by atoms with Crippen molar-refractivity contribution < 1.29 is 9.05 Å². The van der Waals surface area contributed by atoms with Crippen LogP contribution >= 0.6 is 16.6 Å². The molecule has 5 heteroatoms. The number of hydrogen-bond donors (Lipinski definition) is 0. The van der Waals surface area contributed by atoms with Crippen molar-refractivity contribution in [2.45, 2.75) is 0 Å². The Bertz CT molecular complexity index is 312. The minimum absolute atomic E-state index is 0.717. The van der Waals surface area contributed by atoms with Crippen LogP contribution in [-0.4, -0.2) is 15.1 Å². The Morgan fingerprint density at radius 3 is 2.09 bits per heavy atom. The summed E-state index contributed by atoms with van der Waals surface area (Å²) in [6.45, 7) is 0. The Labute approximate surface area is 76.6 Å². The standard InChI is InChI=1S/C6H4ClO2PSe/c7-10(11)8-5-3-1-2-4-6(5)9-10/h1-4H. The fourth-order valence-corrected chi connectivity index (χ4v) is 3.12. The van der Waals surface area contributed by atoms with E-state index in [1.54, 1.807) is 0 Å². The van der Waals surface area contributed by atoms with Crippen molar-refractivity contribution in [1.82, 2.24) is 0 Å². The summed E-state index contributed by atoms with van der Waals surface area (Å²) < 4.78 is 10.6. The zero-order valence-corrected chi connectivity index (χ0v) is 8.72. The SMILES string of the molecule is ClP1(=[Se])Oc2ccccc2O1. The average Bonchev–Trinajstić information content (AvgIpc) is 2.21. The van der Waals surface area contributed by atoms with E-state index in [4.69, 9.17) is 20.3 Å². The second kappa shape index (κ2) is 2.53. The topological polar surface area (TPSA) is 18.5 Å². The molecule has 0 spiro atoms. The number of rotatable bonds is 0. The van der Waals surface area contributed by atoms with Gasteiger partial charge in [0.1, 0.15) is 0 Å². The Kier molecular flexibility index (Phi) is 1.77. The van der Waals surface area contributed by atoms with Gasteiger partial charge in [-0.2, -0.15) is 0 Å². The average molecular weight is 253 g/mol. The van der Waals surface area contributed by atoms with E-state index in [0.29, 0.717) is 0 Å². The molecule has 2 rings (SSSR count). The summed E-state index contributed by atoms with van der Waals surface area (Å²) in [4.78, 5) is 0. The molecule has 1 aromatic carbocycles. The fraction of sp³-hybridized carbons (Fsp3) is 0. The molecule has 0 fully saturated rings. The van der Waals surface area contributed by atoms with Gasteiger partial charge in [0.2, 0.25) is 0 Å². The van der Waals surface area contributed by atoms with E-state index in [2.05, 4.69) is 15.1 Å². The van der Waals surface area contributed by atoms with Crippen LogP contribution < -0.4 is 9.05 Å². The van der Waals surface area contributed by atoms with Gasteiger partial charge in [0.25, 0.3) is 0 Å². The van der Waals surface area contributed by atoms with Crippen molar-refractivity contribution in [3.8, 4) is 11.5 Å². The maximum atomic E-state index is 5.84. The van der Waals surface area contributed by atoms with Crippen molar-refractivity contribution >= 4 is 31.7 Å². The molecule has 11 heavy (non-hydrogen) atoms. The maximum absolute atomic E-state index is 5.84. The third-order valence-corrected chi connectivity index (χ3v) is 3.45. The monoisotopic (exact) mass is 254 g/mol. The van der Waals surface area contributed by atoms with E-state index in [1.165, 1.54) is 0 Å². The molecule has 0 amide bonds. The normalized spacial score (nSPS) is 18.3. The van der Waals surface area contributed by atoms with E-state index >= 15 is 0 Å². The van der Waals surface area contributed by atoms with E-state index < -0.39 is 5.32 Å². The van der Waals surface area contributed by atoms with E-state index in [1.807, 2.05) is 24.3 Å². The Hall–Kier alpha value is 0.0595. The first kappa shape index (κ1) is 7.70. The Morgan fingerprint density at radius 2 is 1.64 bits per heavy atom. The van der Waals surface area contributed by atoms with E-state index in [9.17, 15) is 0 Å². The summed E-state index contributed by atoms with van der Waals surface area (Å²) in [5.74, 6) is 1.43. The zero-order valence-electron chi connectivity index (χ0n) is 5.36. The predicted molar refractivity (Wildman–Crippen MR) is 46.2 cm³/mol. The van der Waals surface area contributed by atoms with Crippen LogP contribution in [0.5, 0.6) is 11.5 Å². The van der Waals surface area contributed by atoms with Gasteiger partial charge < -0.3 is 0 Å². The second-order valence-corrected chi connectivity index (χ2v) is 9.01. The second-order valence-electron chi connectivity index (χ2n) is 2.06. The molecule has 0 saturated carbocycles. The summed E-state index contributed by atoms with van der Waals surface area (Å²) in [5, 5.41) is -2.23. The molecule has 58 valence electrons. The van der Waals surface area contributed by atoms with Gasteiger partial charge in [-0.05, 0) is 0 Å². The molecule has 0 unspecified atom stereocenters. The van der Waals surface area contributed by atoms with Gasteiger partial charge in [-0.1, -0.05) is 0 Å². The van der Waals surface area contributed by atoms with Crippen molar-refractivity contribution in [3.05, 3.63) is 24.3 Å². The summed E-state index contributed by atoms with van der Waals surface area (Å²) in [6, 6.07) is 7.42. The first-order chi connectivity index (χ1) is 5.17. The first-order valence-corrected chi connectivity index (χ1v) is 7.70. The third-order valence-electron chi connectivity index (χ3n) is 1.26. The summed E-state index contributed by atoms with van der Waals surface area (Å²) >= 11 is 8.54. The van der Waals surface area contributed by atoms with E-state index in [0.717, 1.165) is 11.5 Å². The van der Waals surface area contributed by atoms with Crippen LogP contribution in [0.25, 0.3) is 0 Å². The molecular formula is C6H4ClO2PSe. The van der Waals surface area contributed by atoms with Crippen molar-refractivity contribution in [1.29, 1.82) is 0 Å². The summed E-state index contributed by atoms with van der Waals surface area (Å²) in [5.41, 5.74) is 0. The van der Waals surface area contributed by atoms with Crippen molar-refractivity contribution in [2.24, 2.45) is 0 Å². The predicted octanol–water partition coefficient (Wildman–Crippen LogP) is 2.54. The van der Waals surface area contributed by atoms with Crippen LogP contribution in [0.15, 0.2) is 24.3 Å². The molecular weight excluding hydrogens is 249 g/mol. The van der Waals surface area contributed by atoms with Gasteiger partial charge >= 0.3 is 76.5 Å². The van der Waals surface area contributed by atoms with Gasteiger partial charge in [-0.15, -0.1) is 0 Å². The van der Waals surface area contributed by atoms with E-state index in [-0.39, 0.29) is 0 Å². The first-order valence-electron chi connectivity index (χ1n) is 2.95. The third kappa shape index (κ3) is 1.47. The van der Waals surface area contributed by atoms with Crippen molar-refractivity contribution in [2.75, 3.05) is 0 Å². The van der Waals surface area contributed by atoms with Gasteiger partial charge in [-0.25, -0.2) is 0 Å². The molecule has 0 radical (unpaired) electrons. The minimum atomic E-state index is -2.23. The molecule has 1 heterocycles.